The highest BCUT2D eigenvalue weighted by Gasteiger charge is 2.30. The molecule has 0 bridgehead atoms. The van der Waals surface area contributed by atoms with Crippen molar-refractivity contribution in [3.05, 3.63) is 72.8 Å². The predicted octanol–water partition coefficient (Wildman–Crippen LogP) is 2.02. The SMILES string of the molecule is C=CC(=O)Nc1ccc(S(=O)(=O)N2CCNC(Cc3ccccc3)C2)cc1. The zero-order chi connectivity index (χ0) is 19.3. The molecule has 1 amide bonds. The summed E-state index contributed by atoms with van der Waals surface area (Å²) in [4.78, 5) is 11.6. The smallest absolute Gasteiger partial charge is 0.247 e. The Balaban J connectivity index is 1.70. The van der Waals surface area contributed by atoms with Crippen LogP contribution < -0.4 is 10.6 Å². The van der Waals surface area contributed by atoms with Crippen molar-refractivity contribution in [2.75, 3.05) is 25.0 Å². The molecule has 0 aliphatic carbocycles. The number of hydrogen-bond donors (Lipinski definition) is 2. The summed E-state index contributed by atoms with van der Waals surface area (Å²) in [7, 11) is -3.58. The van der Waals surface area contributed by atoms with E-state index >= 15 is 0 Å². The molecule has 6 nitrogen and oxygen atoms in total. The molecule has 1 aliphatic heterocycles. The molecule has 0 radical (unpaired) electrons. The van der Waals surface area contributed by atoms with Gasteiger partial charge in [-0.15, -0.1) is 0 Å². The van der Waals surface area contributed by atoms with Crippen molar-refractivity contribution in [1.29, 1.82) is 0 Å². The fourth-order valence-electron chi connectivity index (χ4n) is 3.10. The first-order valence-electron chi connectivity index (χ1n) is 8.80. The van der Waals surface area contributed by atoms with Crippen LogP contribution in [0.2, 0.25) is 0 Å². The van der Waals surface area contributed by atoms with Gasteiger partial charge in [0.05, 0.1) is 4.90 Å². The van der Waals surface area contributed by atoms with E-state index in [1.54, 1.807) is 12.1 Å². The van der Waals surface area contributed by atoms with Gasteiger partial charge in [0.2, 0.25) is 15.9 Å². The molecule has 0 saturated carbocycles. The molecule has 2 aromatic rings. The first-order chi connectivity index (χ1) is 13.0. The van der Waals surface area contributed by atoms with E-state index in [1.165, 1.54) is 22.0 Å². The average Bonchev–Trinajstić information content (AvgIpc) is 2.69. The molecule has 1 fully saturated rings. The zero-order valence-electron chi connectivity index (χ0n) is 15.0. The third-order valence-electron chi connectivity index (χ3n) is 4.49. The Morgan fingerprint density at radius 3 is 2.56 bits per heavy atom. The Bertz CT molecular complexity index is 896. The van der Waals surface area contributed by atoms with E-state index < -0.39 is 10.0 Å². The van der Waals surface area contributed by atoms with E-state index in [4.69, 9.17) is 0 Å². The van der Waals surface area contributed by atoms with Gasteiger partial charge in [-0.05, 0) is 42.3 Å². The van der Waals surface area contributed by atoms with Gasteiger partial charge in [-0.3, -0.25) is 4.79 Å². The van der Waals surface area contributed by atoms with Crippen LogP contribution in [0.15, 0.2) is 72.1 Å². The van der Waals surface area contributed by atoms with E-state index in [9.17, 15) is 13.2 Å². The standard InChI is InChI=1S/C20H23N3O3S/c1-2-20(24)22-17-8-10-19(11-9-17)27(25,26)23-13-12-21-18(15-23)14-16-6-4-3-5-7-16/h2-11,18,21H,1,12-15H2,(H,22,24). The molecule has 1 heterocycles. The van der Waals surface area contributed by atoms with E-state index in [0.29, 0.717) is 25.3 Å². The van der Waals surface area contributed by atoms with E-state index in [-0.39, 0.29) is 16.8 Å². The van der Waals surface area contributed by atoms with Gasteiger partial charge in [0.25, 0.3) is 0 Å². The molecule has 7 heteroatoms. The van der Waals surface area contributed by atoms with Crippen LogP contribution in [0, 0.1) is 0 Å². The molecular weight excluding hydrogens is 362 g/mol. The van der Waals surface area contributed by atoms with Crippen LogP contribution in [0.5, 0.6) is 0 Å². The zero-order valence-corrected chi connectivity index (χ0v) is 15.8. The number of carbonyl (C=O) groups is 1. The highest BCUT2D eigenvalue weighted by atomic mass is 32.2. The second-order valence-corrected chi connectivity index (χ2v) is 8.36. The number of benzene rings is 2. The maximum Gasteiger partial charge on any atom is 0.247 e. The van der Waals surface area contributed by atoms with Gasteiger partial charge in [0.15, 0.2) is 0 Å². The minimum Gasteiger partial charge on any atom is -0.323 e. The highest BCUT2D eigenvalue weighted by molar-refractivity contribution is 7.89. The number of rotatable bonds is 6. The topological polar surface area (TPSA) is 78.5 Å². The molecule has 27 heavy (non-hydrogen) atoms. The summed E-state index contributed by atoms with van der Waals surface area (Å²) >= 11 is 0. The molecular formula is C20H23N3O3S. The van der Waals surface area contributed by atoms with Crippen molar-refractivity contribution in [3.8, 4) is 0 Å². The number of anilines is 1. The lowest BCUT2D eigenvalue weighted by atomic mass is 10.1. The number of sulfonamides is 1. The average molecular weight is 385 g/mol. The molecule has 1 aliphatic rings. The number of carbonyl (C=O) groups excluding carboxylic acids is 1. The summed E-state index contributed by atoms with van der Waals surface area (Å²) in [5.74, 6) is -0.337. The van der Waals surface area contributed by atoms with Gasteiger partial charge >= 0.3 is 0 Å². The Hall–Kier alpha value is -2.48. The summed E-state index contributed by atoms with van der Waals surface area (Å²) in [6.45, 7) is 4.86. The van der Waals surface area contributed by atoms with E-state index in [1.807, 2.05) is 30.3 Å². The third kappa shape index (κ3) is 4.82. The van der Waals surface area contributed by atoms with Crippen LogP contribution in [-0.2, 0) is 21.2 Å². The monoisotopic (exact) mass is 385 g/mol. The predicted molar refractivity (Wildman–Crippen MR) is 106 cm³/mol. The van der Waals surface area contributed by atoms with Gasteiger partial charge < -0.3 is 10.6 Å². The largest absolute Gasteiger partial charge is 0.323 e. The molecule has 1 saturated heterocycles. The number of amides is 1. The van der Waals surface area contributed by atoms with Crippen LogP contribution in [0.1, 0.15) is 5.56 Å². The van der Waals surface area contributed by atoms with Crippen molar-refractivity contribution >= 4 is 21.6 Å². The molecule has 2 N–H and O–H groups in total. The molecule has 1 atom stereocenters. The van der Waals surface area contributed by atoms with Crippen molar-refractivity contribution in [2.45, 2.75) is 17.4 Å². The molecule has 2 aromatic carbocycles. The summed E-state index contributed by atoms with van der Waals surface area (Å²) in [5.41, 5.74) is 1.71. The number of nitrogens with zero attached hydrogens (tertiary/aromatic N) is 1. The molecule has 3 rings (SSSR count). The molecule has 142 valence electrons. The molecule has 0 aromatic heterocycles. The van der Waals surface area contributed by atoms with Crippen LogP contribution in [-0.4, -0.2) is 44.3 Å². The van der Waals surface area contributed by atoms with Gasteiger partial charge in [-0.2, -0.15) is 4.31 Å². The highest BCUT2D eigenvalue weighted by Crippen LogP contribution is 2.20. The van der Waals surface area contributed by atoms with Gasteiger partial charge in [-0.1, -0.05) is 36.9 Å². The van der Waals surface area contributed by atoms with Gasteiger partial charge in [-0.25, -0.2) is 8.42 Å². The summed E-state index contributed by atoms with van der Waals surface area (Å²) in [6.07, 6.45) is 1.94. The number of nitrogens with one attached hydrogen (secondary N) is 2. The van der Waals surface area contributed by atoms with Crippen LogP contribution in [0.25, 0.3) is 0 Å². The van der Waals surface area contributed by atoms with Crippen molar-refractivity contribution < 1.29 is 13.2 Å². The van der Waals surface area contributed by atoms with Crippen LogP contribution in [0.3, 0.4) is 0 Å². The quantitative estimate of drug-likeness (QED) is 0.746. The number of piperazine rings is 1. The fraction of sp³-hybridized carbons (Fsp3) is 0.250. The molecule has 1 unspecified atom stereocenters. The lowest BCUT2D eigenvalue weighted by Gasteiger charge is -2.33. The summed E-state index contributed by atoms with van der Waals surface area (Å²) < 4.78 is 27.5. The van der Waals surface area contributed by atoms with Crippen molar-refractivity contribution in [2.24, 2.45) is 0 Å². The minimum atomic E-state index is -3.58. The van der Waals surface area contributed by atoms with Crippen LogP contribution >= 0.6 is 0 Å². The van der Waals surface area contributed by atoms with Gasteiger partial charge in [0.1, 0.15) is 0 Å². The van der Waals surface area contributed by atoms with E-state index in [0.717, 1.165) is 12.5 Å². The van der Waals surface area contributed by atoms with Gasteiger partial charge in [0, 0.05) is 31.4 Å². The summed E-state index contributed by atoms with van der Waals surface area (Å²) in [5, 5.41) is 6.00. The Kier molecular flexibility index (Phi) is 6.05. The van der Waals surface area contributed by atoms with Crippen molar-refractivity contribution in [1.82, 2.24) is 9.62 Å². The van der Waals surface area contributed by atoms with E-state index in [2.05, 4.69) is 17.2 Å². The summed E-state index contributed by atoms with van der Waals surface area (Å²) in [6, 6.07) is 16.3. The maximum atomic E-state index is 13.0. The third-order valence-corrected chi connectivity index (χ3v) is 6.37. The Morgan fingerprint density at radius 2 is 1.89 bits per heavy atom. The van der Waals surface area contributed by atoms with Crippen LogP contribution in [0.4, 0.5) is 5.69 Å². The first kappa shape index (κ1) is 19.3. The minimum absolute atomic E-state index is 0.0714. The lowest BCUT2D eigenvalue weighted by molar-refractivity contribution is -0.111. The lowest BCUT2D eigenvalue weighted by Crippen LogP contribution is -2.53. The second-order valence-electron chi connectivity index (χ2n) is 6.42. The first-order valence-corrected chi connectivity index (χ1v) is 10.2. The number of hydrogen-bond acceptors (Lipinski definition) is 4. The Morgan fingerprint density at radius 1 is 1.19 bits per heavy atom. The fourth-order valence-corrected chi connectivity index (χ4v) is 4.59. The second kappa shape index (κ2) is 8.47. The Labute approximate surface area is 159 Å². The van der Waals surface area contributed by atoms with Crippen molar-refractivity contribution in [3.63, 3.8) is 0 Å². The molecule has 0 spiro atoms. The maximum absolute atomic E-state index is 13.0. The normalized spacial score (nSPS) is 18.0.